The van der Waals surface area contributed by atoms with Crippen molar-refractivity contribution in [3.05, 3.63) is 29.3 Å². The van der Waals surface area contributed by atoms with Crippen LogP contribution in [0.1, 0.15) is 52.4 Å². The summed E-state index contributed by atoms with van der Waals surface area (Å²) in [6, 6.07) is 4.72. The molecule has 1 aromatic carbocycles. The maximum atomic E-state index is 14.7. The van der Waals surface area contributed by atoms with E-state index in [-0.39, 0.29) is 18.8 Å². The summed E-state index contributed by atoms with van der Waals surface area (Å²) in [6.45, 7) is 3.97. The third-order valence-corrected chi connectivity index (χ3v) is 7.16. The van der Waals surface area contributed by atoms with Crippen LogP contribution in [0.4, 0.5) is 14.5 Å². The minimum Gasteiger partial charge on any atom is -0.378 e. The average Bonchev–Trinajstić information content (AvgIpc) is 2.83. The lowest BCUT2D eigenvalue weighted by Gasteiger charge is -2.45. The summed E-state index contributed by atoms with van der Waals surface area (Å²) >= 11 is 6.02. The van der Waals surface area contributed by atoms with Gasteiger partial charge >= 0.3 is 0 Å². The van der Waals surface area contributed by atoms with Gasteiger partial charge in [0.15, 0.2) is 0 Å². The highest BCUT2D eigenvalue weighted by atomic mass is 35.5. The third kappa shape index (κ3) is 7.05. The molecule has 0 aromatic heterocycles. The Balaban J connectivity index is 1.78. The molecule has 2 aliphatic heterocycles. The number of hydrogen-bond acceptors (Lipinski definition) is 6. The monoisotopic (exact) mass is 525 g/mol. The van der Waals surface area contributed by atoms with Crippen LogP contribution in [0.25, 0.3) is 0 Å². The van der Waals surface area contributed by atoms with Crippen LogP contribution in [0.2, 0.25) is 5.02 Å². The summed E-state index contributed by atoms with van der Waals surface area (Å²) in [6.07, 6.45) is -0.235. The summed E-state index contributed by atoms with van der Waals surface area (Å²) in [5.41, 5.74) is 0.587. The second-order valence-electron chi connectivity index (χ2n) is 9.69. The van der Waals surface area contributed by atoms with E-state index in [4.69, 9.17) is 11.6 Å². The Morgan fingerprint density at radius 1 is 1.39 bits per heavy atom. The van der Waals surface area contributed by atoms with Gasteiger partial charge in [-0.2, -0.15) is 5.26 Å². The highest BCUT2D eigenvalue weighted by Crippen LogP contribution is 2.37. The van der Waals surface area contributed by atoms with Crippen molar-refractivity contribution >= 4 is 29.1 Å². The smallest absolute Gasteiger partial charge is 0.252 e. The zero-order valence-electron chi connectivity index (χ0n) is 20.5. The topological polar surface area (TPSA) is 117 Å². The SMILES string of the molecule is CC[C@H]1CC(F)(F)C[C@@H](C(=O)N[C@H](C#N)C[C@@H]2CCCNC2O)N1C(=O)[C@@H](C)Nc1cccc(Cl)c1. The zero-order chi connectivity index (χ0) is 26.5. The van der Waals surface area contributed by atoms with Gasteiger partial charge < -0.3 is 20.6 Å². The summed E-state index contributed by atoms with van der Waals surface area (Å²) in [5, 5.41) is 28.8. The summed E-state index contributed by atoms with van der Waals surface area (Å²) in [5.74, 6) is -4.66. The standard InChI is InChI=1S/C25H34ClF2N5O3/c1-3-20-12-25(27,28)13-21(23(35)32-19(14-29)10-16-6-5-9-30-22(16)34)33(20)24(36)15(2)31-18-8-4-7-17(26)11-18/h4,7-8,11,15-16,19-22,30-31,34H,3,5-6,9-10,12-13H2,1-2H3,(H,32,35)/t15-,16+,19+,20+,21+,22?/m1/s1. The van der Waals surface area contributed by atoms with E-state index in [1.54, 1.807) is 38.1 Å². The number of aliphatic hydroxyl groups excluding tert-OH is 1. The minimum absolute atomic E-state index is 0.178. The van der Waals surface area contributed by atoms with Crippen LogP contribution in [0.3, 0.4) is 0 Å². The lowest BCUT2D eigenvalue weighted by atomic mass is 9.88. The number of anilines is 1. The minimum atomic E-state index is -3.13. The number of piperidine rings is 2. The molecule has 1 unspecified atom stereocenters. The molecule has 0 spiro atoms. The Kier molecular flexibility index (Phi) is 9.50. The lowest BCUT2D eigenvalue weighted by molar-refractivity contribution is -0.160. The van der Waals surface area contributed by atoms with Crippen LogP contribution in [0, 0.1) is 17.2 Å². The van der Waals surface area contributed by atoms with Gasteiger partial charge in [-0.05, 0) is 57.4 Å². The number of nitriles is 1. The molecular weight excluding hydrogens is 492 g/mol. The van der Waals surface area contributed by atoms with Crippen molar-refractivity contribution in [3.63, 3.8) is 0 Å². The molecule has 0 aliphatic carbocycles. The molecule has 2 amide bonds. The van der Waals surface area contributed by atoms with E-state index in [1.807, 2.05) is 6.07 Å². The van der Waals surface area contributed by atoms with Crippen molar-refractivity contribution in [2.24, 2.45) is 5.92 Å². The molecule has 36 heavy (non-hydrogen) atoms. The van der Waals surface area contributed by atoms with Gasteiger partial charge in [0.05, 0.1) is 6.07 Å². The first-order chi connectivity index (χ1) is 17.0. The molecule has 3 rings (SSSR count). The maximum absolute atomic E-state index is 14.7. The number of carbonyl (C=O) groups excluding carboxylic acids is 2. The largest absolute Gasteiger partial charge is 0.378 e. The Morgan fingerprint density at radius 3 is 2.78 bits per heavy atom. The van der Waals surface area contributed by atoms with Crippen LogP contribution in [-0.2, 0) is 9.59 Å². The predicted octanol–water partition coefficient (Wildman–Crippen LogP) is 3.26. The van der Waals surface area contributed by atoms with Crippen LogP contribution >= 0.6 is 11.6 Å². The number of nitrogens with zero attached hydrogens (tertiary/aromatic N) is 2. The van der Waals surface area contributed by atoms with Crippen molar-refractivity contribution < 1.29 is 23.5 Å². The number of aliphatic hydroxyl groups is 1. The van der Waals surface area contributed by atoms with Gasteiger partial charge in [-0.3, -0.25) is 14.9 Å². The van der Waals surface area contributed by atoms with E-state index >= 15 is 0 Å². The number of nitrogens with one attached hydrogen (secondary N) is 3. The van der Waals surface area contributed by atoms with E-state index in [0.717, 1.165) is 6.42 Å². The normalized spacial score (nSPS) is 27.4. The molecule has 1 aromatic rings. The Bertz CT molecular complexity index is 975. The number of hydrogen-bond donors (Lipinski definition) is 4. The molecule has 2 fully saturated rings. The molecular formula is C25H34ClF2N5O3. The number of halogens is 3. The first-order valence-electron chi connectivity index (χ1n) is 12.4. The lowest BCUT2D eigenvalue weighted by Crippen LogP contribution is -2.63. The van der Waals surface area contributed by atoms with Crippen molar-refractivity contribution in [2.45, 2.75) is 88.7 Å². The molecule has 0 bridgehead atoms. The fourth-order valence-electron chi connectivity index (χ4n) is 5.07. The Hall–Kier alpha value is -2.48. The van der Waals surface area contributed by atoms with E-state index in [0.29, 0.717) is 23.7 Å². The highest BCUT2D eigenvalue weighted by molar-refractivity contribution is 6.30. The first kappa shape index (κ1) is 28.1. The zero-order valence-corrected chi connectivity index (χ0v) is 21.3. The summed E-state index contributed by atoms with van der Waals surface area (Å²) in [4.78, 5) is 28.0. The molecule has 2 aliphatic rings. The number of likely N-dealkylation sites (tertiary alicyclic amines) is 1. The maximum Gasteiger partial charge on any atom is 0.252 e. The molecule has 6 atom stereocenters. The van der Waals surface area contributed by atoms with E-state index in [1.165, 1.54) is 4.90 Å². The molecule has 0 radical (unpaired) electrons. The number of alkyl halides is 2. The van der Waals surface area contributed by atoms with Gasteiger partial charge in [0.25, 0.3) is 5.92 Å². The molecule has 2 saturated heterocycles. The second-order valence-corrected chi connectivity index (χ2v) is 10.1. The van der Waals surface area contributed by atoms with Crippen LogP contribution in [0.5, 0.6) is 0 Å². The first-order valence-corrected chi connectivity index (χ1v) is 12.8. The van der Waals surface area contributed by atoms with Crippen molar-refractivity contribution in [1.29, 1.82) is 5.26 Å². The van der Waals surface area contributed by atoms with Crippen molar-refractivity contribution in [1.82, 2.24) is 15.5 Å². The van der Waals surface area contributed by atoms with Gasteiger partial charge in [0, 0.05) is 35.5 Å². The summed E-state index contributed by atoms with van der Waals surface area (Å²) in [7, 11) is 0. The molecule has 8 nitrogen and oxygen atoms in total. The quantitative estimate of drug-likeness (QED) is 0.414. The fourth-order valence-corrected chi connectivity index (χ4v) is 5.26. The molecule has 198 valence electrons. The van der Waals surface area contributed by atoms with Gasteiger partial charge in [-0.15, -0.1) is 0 Å². The number of rotatable bonds is 8. The predicted molar refractivity (Wildman–Crippen MR) is 132 cm³/mol. The Morgan fingerprint density at radius 2 is 2.14 bits per heavy atom. The summed E-state index contributed by atoms with van der Waals surface area (Å²) < 4.78 is 29.3. The van der Waals surface area contributed by atoms with Crippen molar-refractivity contribution in [3.8, 4) is 6.07 Å². The van der Waals surface area contributed by atoms with Crippen LogP contribution in [0.15, 0.2) is 24.3 Å². The average molecular weight is 526 g/mol. The molecule has 0 saturated carbocycles. The third-order valence-electron chi connectivity index (χ3n) is 6.92. The number of carbonyl (C=O) groups is 2. The van der Waals surface area contributed by atoms with E-state index in [9.17, 15) is 28.7 Å². The molecule has 4 N–H and O–H groups in total. The number of benzene rings is 1. The second kappa shape index (κ2) is 12.2. The van der Waals surface area contributed by atoms with Crippen LogP contribution < -0.4 is 16.0 Å². The van der Waals surface area contributed by atoms with E-state index in [2.05, 4.69) is 16.0 Å². The highest BCUT2D eigenvalue weighted by Gasteiger charge is 2.50. The van der Waals surface area contributed by atoms with Gasteiger partial charge in [0.1, 0.15) is 24.4 Å². The van der Waals surface area contributed by atoms with Gasteiger partial charge in [-0.25, -0.2) is 8.78 Å². The van der Waals surface area contributed by atoms with Crippen molar-refractivity contribution in [2.75, 3.05) is 11.9 Å². The van der Waals surface area contributed by atoms with Gasteiger partial charge in [0.2, 0.25) is 11.8 Å². The Labute approximate surface area is 215 Å². The molecule has 2 heterocycles. The number of amides is 2. The van der Waals surface area contributed by atoms with Crippen LogP contribution in [-0.4, -0.2) is 64.7 Å². The molecule has 11 heteroatoms. The fraction of sp³-hybridized carbons (Fsp3) is 0.640. The van der Waals surface area contributed by atoms with Gasteiger partial charge in [-0.1, -0.05) is 24.6 Å². The van der Waals surface area contributed by atoms with E-state index < -0.39 is 61.0 Å².